The molecule has 0 aliphatic heterocycles. The van der Waals surface area contributed by atoms with Crippen molar-refractivity contribution in [2.45, 2.75) is 12.5 Å². The molecule has 0 spiro atoms. The molecule has 0 amide bonds. The molecule has 5 heteroatoms. The number of likely N-dealkylation sites (N-methyl/N-ethyl adjacent to an activating group) is 1. The number of hydrogen-bond acceptors (Lipinski definition) is 5. The van der Waals surface area contributed by atoms with Crippen molar-refractivity contribution in [3.8, 4) is 11.5 Å². The van der Waals surface area contributed by atoms with E-state index in [0.717, 1.165) is 43.1 Å². The van der Waals surface area contributed by atoms with Gasteiger partial charge >= 0.3 is 0 Å². The Morgan fingerprint density at radius 3 is 2.38 bits per heavy atom. The molecule has 1 aromatic carbocycles. The first kappa shape index (κ1) is 17.8. The Morgan fingerprint density at radius 1 is 1.10 bits per heavy atom. The normalized spacial score (nSPS) is 12.8. The van der Waals surface area contributed by atoms with Gasteiger partial charge in [-0.25, -0.2) is 0 Å². The predicted molar refractivity (Wildman–Crippen MR) is 87.1 cm³/mol. The van der Waals surface area contributed by atoms with Gasteiger partial charge in [-0.3, -0.25) is 0 Å². The van der Waals surface area contributed by atoms with Gasteiger partial charge in [0.25, 0.3) is 0 Å². The van der Waals surface area contributed by atoms with E-state index in [2.05, 4.69) is 30.9 Å². The van der Waals surface area contributed by atoms with Gasteiger partial charge in [-0.05, 0) is 46.7 Å². The molecule has 0 saturated carbocycles. The van der Waals surface area contributed by atoms with E-state index in [-0.39, 0.29) is 6.04 Å². The molecule has 0 bridgehead atoms. The monoisotopic (exact) mass is 295 g/mol. The third-order valence-corrected chi connectivity index (χ3v) is 3.49. The first-order chi connectivity index (χ1) is 9.97. The van der Waals surface area contributed by atoms with Crippen molar-refractivity contribution in [2.24, 2.45) is 5.73 Å². The van der Waals surface area contributed by atoms with Crippen LogP contribution in [0, 0.1) is 0 Å². The van der Waals surface area contributed by atoms with E-state index in [1.54, 1.807) is 14.2 Å². The lowest BCUT2D eigenvalue weighted by Gasteiger charge is -2.23. The van der Waals surface area contributed by atoms with E-state index in [9.17, 15) is 0 Å². The minimum Gasteiger partial charge on any atom is -0.497 e. The van der Waals surface area contributed by atoms with Crippen molar-refractivity contribution >= 4 is 0 Å². The van der Waals surface area contributed by atoms with Gasteiger partial charge in [0.1, 0.15) is 11.5 Å². The quantitative estimate of drug-likeness (QED) is 0.750. The molecule has 0 aliphatic carbocycles. The van der Waals surface area contributed by atoms with E-state index >= 15 is 0 Å². The number of methoxy groups -OCH3 is 2. The molecule has 5 nitrogen and oxygen atoms in total. The topological polar surface area (TPSA) is 51.0 Å². The molecular formula is C16H29N3O2. The largest absolute Gasteiger partial charge is 0.497 e. The highest BCUT2D eigenvalue weighted by atomic mass is 16.5. The Labute approximate surface area is 128 Å². The highest BCUT2D eigenvalue weighted by Crippen LogP contribution is 2.28. The van der Waals surface area contributed by atoms with Crippen molar-refractivity contribution in [1.29, 1.82) is 0 Å². The molecule has 0 fully saturated rings. The third kappa shape index (κ3) is 5.91. The van der Waals surface area contributed by atoms with Gasteiger partial charge in [-0.15, -0.1) is 0 Å². The highest BCUT2D eigenvalue weighted by molar-refractivity contribution is 5.42. The van der Waals surface area contributed by atoms with Crippen LogP contribution in [-0.2, 0) is 0 Å². The predicted octanol–water partition coefficient (Wildman–Crippen LogP) is 1.59. The number of nitrogens with zero attached hydrogens (tertiary/aromatic N) is 2. The smallest absolute Gasteiger partial charge is 0.127 e. The zero-order chi connectivity index (χ0) is 15.8. The van der Waals surface area contributed by atoms with Crippen molar-refractivity contribution in [3.05, 3.63) is 23.8 Å². The molecule has 0 aliphatic rings. The second kappa shape index (κ2) is 8.87. The molecule has 1 rings (SSSR count). The van der Waals surface area contributed by atoms with Crippen LogP contribution in [0.4, 0.5) is 0 Å². The standard InChI is InChI=1S/C16H29N3O2/c1-18(2)9-6-10-19(3)12-15(17)14-8-7-13(20-4)11-16(14)21-5/h7-8,11,15H,6,9-10,12,17H2,1-5H3. The second-order valence-electron chi connectivity index (χ2n) is 5.63. The summed E-state index contributed by atoms with van der Waals surface area (Å²) in [5.74, 6) is 1.56. The van der Waals surface area contributed by atoms with E-state index in [1.165, 1.54) is 0 Å². The Hall–Kier alpha value is -1.30. The van der Waals surface area contributed by atoms with E-state index in [0.29, 0.717) is 0 Å². The molecule has 2 N–H and O–H groups in total. The maximum Gasteiger partial charge on any atom is 0.127 e. The van der Waals surface area contributed by atoms with E-state index in [1.807, 2.05) is 18.2 Å². The third-order valence-electron chi connectivity index (χ3n) is 3.49. The van der Waals surface area contributed by atoms with Crippen LogP contribution in [0.1, 0.15) is 18.0 Å². The summed E-state index contributed by atoms with van der Waals surface area (Å²) < 4.78 is 10.6. The lowest BCUT2D eigenvalue weighted by Crippen LogP contribution is -2.31. The zero-order valence-electron chi connectivity index (χ0n) is 13.9. The van der Waals surface area contributed by atoms with Gasteiger partial charge in [0.15, 0.2) is 0 Å². The van der Waals surface area contributed by atoms with Crippen LogP contribution >= 0.6 is 0 Å². The van der Waals surface area contributed by atoms with Gasteiger partial charge < -0.3 is 25.0 Å². The number of benzene rings is 1. The molecule has 1 aromatic rings. The fourth-order valence-corrected chi connectivity index (χ4v) is 2.31. The van der Waals surface area contributed by atoms with Crippen LogP contribution in [-0.4, -0.2) is 64.8 Å². The first-order valence-electron chi connectivity index (χ1n) is 7.28. The molecule has 0 aromatic heterocycles. The highest BCUT2D eigenvalue weighted by Gasteiger charge is 2.15. The Kier molecular flexibility index (Phi) is 7.50. The summed E-state index contributed by atoms with van der Waals surface area (Å²) in [5, 5.41) is 0. The van der Waals surface area contributed by atoms with Crippen molar-refractivity contribution < 1.29 is 9.47 Å². The number of ether oxygens (including phenoxy) is 2. The van der Waals surface area contributed by atoms with Crippen LogP contribution in [0.2, 0.25) is 0 Å². The second-order valence-corrected chi connectivity index (χ2v) is 5.63. The summed E-state index contributed by atoms with van der Waals surface area (Å²) >= 11 is 0. The Bertz CT molecular complexity index is 424. The van der Waals surface area contributed by atoms with Gasteiger partial charge in [0.2, 0.25) is 0 Å². The van der Waals surface area contributed by atoms with Gasteiger partial charge in [-0.2, -0.15) is 0 Å². The number of rotatable bonds is 9. The van der Waals surface area contributed by atoms with Gasteiger partial charge in [0, 0.05) is 24.2 Å². The Morgan fingerprint density at radius 2 is 1.81 bits per heavy atom. The molecule has 120 valence electrons. The minimum absolute atomic E-state index is 0.0739. The summed E-state index contributed by atoms with van der Waals surface area (Å²) in [6, 6.07) is 5.70. The SMILES string of the molecule is COc1ccc(C(N)CN(C)CCCN(C)C)c(OC)c1. The molecule has 0 radical (unpaired) electrons. The first-order valence-corrected chi connectivity index (χ1v) is 7.28. The maximum absolute atomic E-state index is 6.32. The molecule has 1 unspecified atom stereocenters. The molecule has 1 atom stereocenters. The summed E-state index contributed by atoms with van der Waals surface area (Å²) in [6.45, 7) is 2.92. The van der Waals surface area contributed by atoms with Crippen molar-refractivity contribution in [2.75, 3.05) is 55.0 Å². The van der Waals surface area contributed by atoms with Gasteiger partial charge in [-0.1, -0.05) is 6.07 Å². The van der Waals surface area contributed by atoms with Crippen LogP contribution < -0.4 is 15.2 Å². The molecule has 0 heterocycles. The Balaban J connectivity index is 2.60. The van der Waals surface area contributed by atoms with Crippen LogP contribution in [0.25, 0.3) is 0 Å². The zero-order valence-corrected chi connectivity index (χ0v) is 13.9. The summed E-state index contributed by atoms with van der Waals surface area (Å²) in [5.41, 5.74) is 7.33. The van der Waals surface area contributed by atoms with Crippen LogP contribution in [0.15, 0.2) is 18.2 Å². The van der Waals surface area contributed by atoms with Crippen molar-refractivity contribution in [3.63, 3.8) is 0 Å². The van der Waals surface area contributed by atoms with E-state index in [4.69, 9.17) is 15.2 Å². The van der Waals surface area contributed by atoms with Crippen LogP contribution in [0.3, 0.4) is 0 Å². The number of hydrogen-bond donors (Lipinski definition) is 1. The molecule has 21 heavy (non-hydrogen) atoms. The maximum atomic E-state index is 6.32. The van der Waals surface area contributed by atoms with E-state index < -0.39 is 0 Å². The number of nitrogens with two attached hydrogens (primary N) is 1. The summed E-state index contributed by atoms with van der Waals surface area (Å²) in [4.78, 5) is 4.46. The summed E-state index contributed by atoms with van der Waals surface area (Å²) in [6.07, 6.45) is 1.13. The molecule has 0 saturated heterocycles. The summed E-state index contributed by atoms with van der Waals surface area (Å²) in [7, 11) is 9.59. The van der Waals surface area contributed by atoms with Gasteiger partial charge in [0.05, 0.1) is 14.2 Å². The van der Waals surface area contributed by atoms with Crippen LogP contribution in [0.5, 0.6) is 11.5 Å². The lowest BCUT2D eigenvalue weighted by molar-refractivity contribution is 0.283. The van der Waals surface area contributed by atoms with Crippen molar-refractivity contribution in [1.82, 2.24) is 9.80 Å². The lowest BCUT2D eigenvalue weighted by atomic mass is 10.1. The average molecular weight is 295 g/mol. The molecular weight excluding hydrogens is 266 g/mol. The minimum atomic E-state index is -0.0739. The fraction of sp³-hybridized carbons (Fsp3) is 0.625. The fourth-order valence-electron chi connectivity index (χ4n) is 2.31. The average Bonchev–Trinajstić information content (AvgIpc) is 2.45.